The van der Waals surface area contributed by atoms with Gasteiger partial charge in [0.25, 0.3) is 0 Å². The van der Waals surface area contributed by atoms with E-state index in [-0.39, 0.29) is 5.54 Å². The molecule has 1 N–H and O–H groups in total. The van der Waals surface area contributed by atoms with Gasteiger partial charge in [0.2, 0.25) is 5.95 Å². The number of nitrogens with zero attached hydrogens (tertiary/aromatic N) is 2. The fraction of sp³-hybridized carbons (Fsp3) is 0.400. The van der Waals surface area contributed by atoms with Gasteiger partial charge in [-0.25, -0.2) is 9.97 Å². The van der Waals surface area contributed by atoms with Gasteiger partial charge < -0.3 is 5.32 Å². The summed E-state index contributed by atoms with van der Waals surface area (Å²) >= 11 is 3.27. The molecule has 0 aromatic carbocycles. The Bertz CT molecular complexity index is 341. The molecule has 0 fully saturated rings. The number of terminal acetylenes is 1. The van der Waals surface area contributed by atoms with Crippen LogP contribution in [-0.2, 0) is 0 Å². The van der Waals surface area contributed by atoms with E-state index in [0.29, 0.717) is 5.95 Å². The first-order valence-electron chi connectivity index (χ1n) is 4.33. The quantitative estimate of drug-likeness (QED) is 0.842. The van der Waals surface area contributed by atoms with Crippen LogP contribution in [0.5, 0.6) is 0 Å². The van der Waals surface area contributed by atoms with E-state index < -0.39 is 0 Å². The summed E-state index contributed by atoms with van der Waals surface area (Å²) < 4.78 is 0.849. The smallest absolute Gasteiger partial charge is 0.223 e. The minimum Gasteiger partial charge on any atom is -0.338 e. The van der Waals surface area contributed by atoms with Gasteiger partial charge in [-0.15, -0.1) is 6.42 Å². The van der Waals surface area contributed by atoms with Crippen LogP contribution >= 0.6 is 15.9 Å². The van der Waals surface area contributed by atoms with E-state index in [2.05, 4.69) is 37.1 Å². The average molecular weight is 254 g/mol. The maximum atomic E-state index is 5.42. The van der Waals surface area contributed by atoms with Gasteiger partial charge in [0.05, 0.1) is 10.0 Å². The normalized spacial score (nSPS) is 14.1. The molecule has 1 unspecified atom stereocenters. The van der Waals surface area contributed by atoms with Crippen LogP contribution in [0.15, 0.2) is 16.9 Å². The number of hydrogen-bond donors (Lipinski definition) is 1. The predicted octanol–water partition coefficient (Wildman–Crippen LogP) is 2.45. The lowest BCUT2D eigenvalue weighted by Gasteiger charge is -2.22. The lowest BCUT2D eigenvalue weighted by molar-refractivity contribution is 0.628. The highest BCUT2D eigenvalue weighted by molar-refractivity contribution is 9.10. The molecular weight excluding hydrogens is 242 g/mol. The molecule has 3 nitrogen and oxygen atoms in total. The Morgan fingerprint density at radius 2 is 2.14 bits per heavy atom. The second-order valence-electron chi connectivity index (χ2n) is 3.18. The third-order valence-corrected chi connectivity index (χ3v) is 2.44. The fourth-order valence-electron chi connectivity index (χ4n) is 0.850. The lowest BCUT2D eigenvalue weighted by Crippen LogP contribution is -2.32. The van der Waals surface area contributed by atoms with Crippen molar-refractivity contribution < 1.29 is 0 Å². The van der Waals surface area contributed by atoms with Crippen molar-refractivity contribution in [2.75, 3.05) is 5.32 Å². The van der Waals surface area contributed by atoms with Crippen molar-refractivity contribution in [3.05, 3.63) is 16.9 Å². The number of nitrogens with one attached hydrogen (secondary N) is 1. The first-order chi connectivity index (χ1) is 6.59. The van der Waals surface area contributed by atoms with Crippen molar-refractivity contribution in [2.45, 2.75) is 25.8 Å². The monoisotopic (exact) mass is 253 g/mol. The maximum Gasteiger partial charge on any atom is 0.223 e. The molecule has 1 atom stereocenters. The van der Waals surface area contributed by atoms with Gasteiger partial charge in [0.15, 0.2) is 0 Å². The molecule has 0 amide bonds. The van der Waals surface area contributed by atoms with Gasteiger partial charge in [-0.1, -0.05) is 12.8 Å². The molecule has 1 aromatic heterocycles. The second-order valence-corrected chi connectivity index (χ2v) is 4.10. The SMILES string of the molecule is C#CC(C)(CC)Nc1ncc(Br)cn1. The molecule has 4 heteroatoms. The highest BCUT2D eigenvalue weighted by Crippen LogP contribution is 2.15. The molecule has 0 aliphatic heterocycles. The first-order valence-corrected chi connectivity index (χ1v) is 5.12. The van der Waals surface area contributed by atoms with Gasteiger partial charge in [-0.05, 0) is 29.3 Å². The number of hydrogen-bond acceptors (Lipinski definition) is 3. The van der Waals surface area contributed by atoms with Crippen molar-refractivity contribution in [1.82, 2.24) is 9.97 Å². The highest BCUT2D eigenvalue weighted by Gasteiger charge is 2.18. The second kappa shape index (κ2) is 4.43. The van der Waals surface area contributed by atoms with Crippen LogP contribution in [0.3, 0.4) is 0 Å². The maximum absolute atomic E-state index is 5.42. The summed E-state index contributed by atoms with van der Waals surface area (Å²) in [4.78, 5) is 8.19. The Labute approximate surface area is 92.5 Å². The lowest BCUT2D eigenvalue weighted by atomic mass is 10.0. The first kappa shape index (κ1) is 11.0. The van der Waals surface area contributed by atoms with Gasteiger partial charge in [-0.2, -0.15) is 0 Å². The molecule has 0 bridgehead atoms. The third-order valence-electron chi connectivity index (χ3n) is 2.03. The summed E-state index contributed by atoms with van der Waals surface area (Å²) in [5.41, 5.74) is -0.381. The van der Waals surface area contributed by atoms with E-state index in [9.17, 15) is 0 Å². The van der Waals surface area contributed by atoms with E-state index in [4.69, 9.17) is 6.42 Å². The summed E-state index contributed by atoms with van der Waals surface area (Å²) in [5.74, 6) is 3.24. The molecule has 0 saturated heterocycles. The zero-order valence-electron chi connectivity index (χ0n) is 8.21. The van der Waals surface area contributed by atoms with Crippen molar-refractivity contribution in [3.63, 3.8) is 0 Å². The summed E-state index contributed by atoms with van der Waals surface area (Å²) in [6, 6.07) is 0. The molecule has 0 aliphatic carbocycles. The Morgan fingerprint density at radius 1 is 1.57 bits per heavy atom. The average Bonchev–Trinajstić information content (AvgIpc) is 2.21. The standard InChI is InChI=1S/C10H12BrN3/c1-4-10(3,5-2)14-9-12-6-8(11)7-13-9/h1,6-7H,5H2,2-3H3,(H,12,13,14). The van der Waals surface area contributed by atoms with E-state index >= 15 is 0 Å². The Balaban J connectivity index is 2.79. The predicted molar refractivity (Wildman–Crippen MR) is 60.9 cm³/mol. The molecule has 0 radical (unpaired) electrons. The molecule has 1 rings (SSSR count). The van der Waals surface area contributed by atoms with E-state index in [0.717, 1.165) is 10.9 Å². The number of halogens is 1. The van der Waals surface area contributed by atoms with E-state index in [1.54, 1.807) is 12.4 Å². The number of aromatic nitrogens is 2. The molecule has 0 spiro atoms. The molecule has 14 heavy (non-hydrogen) atoms. The van der Waals surface area contributed by atoms with Crippen molar-refractivity contribution >= 4 is 21.9 Å². The van der Waals surface area contributed by atoms with Crippen LogP contribution in [0.2, 0.25) is 0 Å². The molecular formula is C10H12BrN3. The number of anilines is 1. The van der Waals surface area contributed by atoms with Crippen LogP contribution in [0, 0.1) is 12.3 Å². The van der Waals surface area contributed by atoms with Gasteiger partial charge >= 0.3 is 0 Å². The highest BCUT2D eigenvalue weighted by atomic mass is 79.9. The molecule has 74 valence electrons. The number of rotatable bonds is 3. The van der Waals surface area contributed by atoms with Crippen LogP contribution < -0.4 is 5.32 Å². The van der Waals surface area contributed by atoms with Gasteiger partial charge in [0.1, 0.15) is 0 Å². The zero-order valence-corrected chi connectivity index (χ0v) is 9.80. The Hall–Kier alpha value is -1.08. The van der Waals surface area contributed by atoms with Crippen LogP contribution in [0.1, 0.15) is 20.3 Å². The topological polar surface area (TPSA) is 37.8 Å². The fourth-order valence-corrected chi connectivity index (χ4v) is 1.05. The molecule has 1 heterocycles. The van der Waals surface area contributed by atoms with Crippen LogP contribution in [0.25, 0.3) is 0 Å². The van der Waals surface area contributed by atoms with E-state index in [1.807, 2.05) is 13.8 Å². The van der Waals surface area contributed by atoms with Gasteiger partial charge in [0, 0.05) is 12.4 Å². The Kier molecular flexibility index (Phi) is 3.48. The molecule has 0 aliphatic rings. The van der Waals surface area contributed by atoms with Crippen LogP contribution in [0.4, 0.5) is 5.95 Å². The Morgan fingerprint density at radius 3 is 2.57 bits per heavy atom. The summed E-state index contributed by atoms with van der Waals surface area (Å²) in [7, 11) is 0. The largest absolute Gasteiger partial charge is 0.338 e. The van der Waals surface area contributed by atoms with E-state index in [1.165, 1.54) is 0 Å². The van der Waals surface area contributed by atoms with Crippen molar-refractivity contribution in [1.29, 1.82) is 0 Å². The zero-order chi connectivity index (χ0) is 10.6. The summed E-state index contributed by atoms with van der Waals surface area (Å²) in [6.45, 7) is 3.96. The van der Waals surface area contributed by atoms with Crippen molar-refractivity contribution in [3.8, 4) is 12.3 Å². The van der Waals surface area contributed by atoms with Crippen LogP contribution in [-0.4, -0.2) is 15.5 Å². The molecule has 1 aromatic rings. The third kappa shape index (κ3) is 2.71. The summed E-state index contributed by atoms with van der Waals surface area (Å²) in [5, 5.41) is 3.10. The minimum absolute atomic E-state index is 0.381. The minimum atomic E-state index is -0.381. The molecule has 0 saturated carbocycles. The summed E-state index contributed by atoms with van der Waals surface area (Å²) in [6.07, 6.45) is 9.61. The van der Waals surface area contributed by atoms with Crippen molar-refractivity contribution in [2.24, 2.45) is 0 Å². The van der Waals surface area contributed by atoms with Gasteiger partial charge in [-0.3, -0.25) is 0 Å².